The highest BCUT2D eigenvalue weighted by Gasteiger charge is 2.28. The molecule has 4 nitrogen and oxygen atoms in total. The predicted molar refractivity (Wildman–Crippen MR) is 58.5 cm³/mol. The second-order valence-corrected chi connectivity index (χ2v) is 3.40. The van der Waals surface area contributed by atoms with Crippen molar-refractivity contribution in [1.82, 2.24) is 4.90 Å². The molecule has 1 unspecified atom stereocenters. The number of carboxylic acid groups (broad SMARTS) is 1. The minimum Gasteiger partial charge on any atom is -0.480 e. The highest BCUT2D eigenvalue weighted by molar-refractivity contribution is 5.84. The van der Waals surface area contributed by atoms with Crippen LogP contribution in [-0.4, -0.2) is 34.5 Å². The molecule has 1 amide bonds. The minimum absolute atomic E-state index is 0.0418. The molecule has 0 saturated carbocycles. The lowest BCUT2D eigenvalue weighted by atomic mass is 10.3. The monoisotopic (exact) mass is 213 g/mol. The Bertz CT molecular complexity index is 238. The second-order valence-electron chi connectivity index (χ2n) is 3.40. The molecule has 86 valence electrons. The third kappa shape index (κ3) is 4.63. The highest BCUT2D eigenvalue weighted by atomic mass is 16.4. The van der Waals surface area contributed by atoms with Crippen LogP contribution in [-0.2, 0) is 9.59 Å². The van der Waals surface area contributed by atoms with E-state index in [1.165, 1.54) is 11.8 Å². The van der Waals surface area contributed by atoms with Gasteiger partial charge in [-0.25, -0.2) is 4.79 Å². The average molecular weight is 213 g/mol. The molecule has 0 bridgehead atoms. The van der Waals surface area contributed by atoms with Gasteiger partial charge in [0.25, 0.3) is 0 Å². The van der Waals surface area contributed by atoms with Crippen LogP contribution in [0.4, 0.5) is 0 Å². The normalized spacial score (nSPS) is 16.7. The van der Waals surface area contributed by atoms with Crippen molar-refractivity contribution < 1.29 is 14.7 Å². The largest absolute Gasteiger partial charge is 0.480 e. The van der Waals surface area contributed by atoms with Crippen molar-refractivity contribution in [2.45, 2.75) is 39.2 Å². The van der Waals surface area contributed by atoms with Gasteiger partial charge in [0, 0.05) is 13.0 Å². The summed E-state index contributed by atoms with van der Waals surface area (Å²) in [5.74, 6) is -0.972. The Morgan fingerprint density at radius 1 is 1.73 bits per heavy atom. The summed E-state index contributed by atoms with van der Waals surface area (Å²) in [4.78, 5) is 22.8. The van der Waals surface area contributed by atoms with Gasteiger partial charge in [-0.3, -0.25) is 4.79 Å². The summed E-state index contributed by atoms with van der Waals surface area (Å²) in [6, 6.07) is -0.662. The van der Waals surface area contributed by atoms with E-state index in [1.54, 1.807) is 0 Å². The molecule has 0 aromatic carbocycles. The molecule has 1 N–H and O–H groups in total. The van der Waals surface area contributed by atoms with Crippen molar-refractivity contribution in [2.24, 2.45) is 0 Å². The van der Waals surface area contributed by atoms with Gasteiger partial charge in [0.1, 0.15) is 6.04 Å². The van der Waals surface area contributed by atoms with E-state index in [-0.39, 0.29) is 5.91 Å². The van der Waals surface area contributed by atoms with Crippen molar-refractivity contribution >= 4 is 11.9 Å². The molecule has 4 heteroatoms. The summed E-state index contributed by atoms with van der Waals surface area (Å²) >= 11 is 0. The Balaban J connectivity index is 0.000000423. The number of hydrogen-bond donors (Lipinski definition) is 1. The number of carbonyl (C=O) groups excluding carboxylic acids is 1. The van der Waals surface area contributed by atoms with Crippen molar-refractivity contribution in [3.63, 3.8) is 0 Å². The maximum atomic E-state index is 11.0. The Morgan fingerprint density at radius 3 is 2.53 bits per heavy atom. The van der Waals surface area contributed by atoms with Gasteiger partial charge < -0.3 is 10.0 Å². The summed E-state index contributed by atoms with van der Waals surface area (Å²) in [6.45, 7) is 7.66. The van der Waals surface area contributed by atoms with Gasteiger partial charge in [0.2, 0.25) is 5.91 Å². The molecule has 0 spiro atoms. The first-order chi connectivity index (χ1) is 7.04. The molecule has 0 aromatic heterocycles. The van der Waals surface area contributed by atoms with Gasteiger partial charge in [0.15, 0.2) is 0 Å². The summed E-state index contributed by atoms with van der Waals surface area (Å²) in [7, 11) is 0. The number of nitrogens with zero attached hydrogens (tertiary/aromatic N) is 1. The van der Waals surface area contributed by atoms with E-state index < -0.39 is 12.0 Å². The molecule has 0 radical (unpaired) electrons. The molecule has 0 aromatic rings. The zero-order chi connectivity index (χ0) is 11.8. The predicted octanol–water partition coefficient (Wildman–Crippen LogP) is 1.66. The van der Waals surface area contributed by atoms with Crippen LogP contribution in [0.25, 0.3) is 0 Å². The van der Waals surface area contributed by atoms with E-state index in [1.807, 2.05) is 6.08 Å². The molecule has 1 saturated heterocycles. The fourth-order valence-electron chi connectivity index (χ4n) is 1.21. The Hall–Kier alpha value is -1.32. The molecule has 1 heterocycles. The molecule has 0 aliphatic carbocycles. The van der Waals surface area contributed by atoms with Crippen molar-refractivity contribution in [3.05, 3.63) is 12.7 Å². The van der Waals surface area contributed by atoms with E-state index in [0.717, 1.165) is 12.8 Å². The molecular formula is C11H19NO3. The van der Waals surface area contributed by atoms with Crippen LogP contribution in [0.2, 0.25) is 0 Å². The maximum absolute atomic E-state index is 11.0. The number of allylic oxidation sites excluding steroid dienone is 1. The SMILES string of the molecule is C=CCC.CC(C(=O)O)N1CCCC1=O. The van der Waals surface area contributed by atoms with Gasteiger partial charge in [-0.2, -0.15) is 0 Å². The van der Waals surface area contributed by atoms with Crippen LogP contribution >= 0.6 is 0 Å². The van der Waals surface area contributed by atoms with Crippen LogP contribution in [0.1, 0.15) is 33.1 Å². The lowest BCUT2D eigenvalue weighted by Crippen LogP contribution is -2.39. The number of likely N-dealkylation sites (tertiary alicyclic amines) is 1. The van der Waals surface area contributed by atoms with Crippen molar-refractivity contribution in [3.8, 4) is 0 Å². The smallest absolute Gasteiger partial charge is 0.326 e. The molecule has 1 aliphatic heterocycles. The first-order valence-corrected chi connectivity index (χ1v) is 5.17. The van der Waals surface area contributed by atoms with E-state index in [0.29, 0.717) is 13.0 Å². The summed E-state index contributed by atoms with van der Waals surface area (Å²) in [5, 5.41) is 8.57. The standard InChI is InChI=1S/C7H11NO3.C4H8/c1-5(7(10)11)8-4-2-3-6(8)9;1-3-4-2/h5H,2-4H2,1H3,(H,10,11);3H,1,4H2,2H3. The number of aliphatic carboxylic acids is 1. The minimum atomic E-state index is -0.930. The average Bonchev–Trinajstić information content (AvgIpc) is 2.63. The van der Waals surface area contributed by atoms with Gasteiger partial charge >= 0.3 is 5.97 Å². The molecule has 15 heavy (non-hydrogen) atoms. The third-order valence-electron chi connectivity index (χ3n) is 2.22. The number of carboxylic acids is 1. The summed E-state index contributed by atoms with van der Waals surface area (Å²) in [5.41, 5.74) is 0. The fourth-order valence-corrected chi connectivity index (χ4v) is 1.21. The molecule has 1 fully saturated rings. The summed E-state index contributed by atoms with van der Waals surface area (Å²) in [6.07, 6.45) is 4.24. The van der Waals surface area contributed by atoms with Gasteiger partial charge in [-0.05, 0) is 19.8 Å². The number of hydrogen-bond acceptors (Lipinski definition) is 2. The van der Waals surface area contributed by atoms with Gasteiger partial charge in [-0.15, -0.1) is 6.58 Å². The van der Waals surface area contributed by atoms with Crippen LogP contribution < -0.4 is 0 Å². The highest BCUT2D eigenvalue weighted by Crippen LogP contribution is 2.12. The van der Waals surface area contributed by atoms with E-state index in [2.05, 4.69) is 13.5 Å². The van der Waals surface area contributed by atoms with Crippen molar-refractivity contribution in [2.75, 3.05) is 6.54 Å². The summed E-state index contributed by atoms with van der Waals surface area (Å²) < 4.78 is 0. The molecule has 1 aliphatic rings. The third-order valence-corrected chi connectivity index (χ3v) is 2.22. The zero-order valence-electron chi connectivity index (χ0n) is 9.40. The number of amides is 1. The lowest BCUT2D eigenvalue weighted by Gasteiger charge is -2.19. The quantitative estimate of drug-likeness (QED) is 0.725. The second kappa shape index (κ2) is 7.04. The van der Waals surface area contributed by atoms with Crippen LogP contribution in [0.15, 0.2) is 12.7 Å². The van der Waals surface area contributed by atoms with E-state index >= 15 is 0 Å². The Morgan fingerprint density at radius 2 is 2.27 bits per heavy atom. The first-order valence-electron chi connectivity index (χ1n) is 5.17. The lowest BCUT2D eigenvalue weighted by molar-refractivity contribution is -0.147. The first kappa shape index (κ1) is 13.7. The molecule has 1 atom stereocenters. The van der Waals surface area contributed by atoms with E-state index in [9.17, 15) is 9.59 Å². The number of rotatable bonds is 3. The fraction of sp³-hybridized carbons (Fsp3) is 0.636. The molecule has 1 rings (SSSR count). The van der Waals surface area contributed by atoms with Gasteiger partial charge in [-0.1, -0.05) is 13.0 Å². The molecular weight excluding hydrogens is 194 g/mol. The van der Waals surface area contributed by atoms with Crippen molar-refractivity contribution in [1.29, 1.82) is 0 Å². The van der Waals surface area contributed by atoms with Crippen LogP contribution in [0.3, 0.4) is 0 Å². The number of carbonyl (C=O) groups is 2. The Labute approximate surface area is 90.6 Å². The Kier molecular flexibility index (Phi) is 6.42. The van der Waals surface area contributed by atoms with Crippen LogP contribution in [0, 0.1) is 0 Å². The maximum Gasteiger partial charge on any atom is 0.326 e. The zero-order valence-corrected chi connectivity index (χ0v) is 9.40. The topological polar surface area (TPSA) is 57.6 Å². The van der Waals surface area contributed by atoms with Gasteiger partial charge in [0.05, 0.1) is 0 Å². The van der Waals surface area contributed by atoms with Crippen LogP contribution in [0.5, 0.6) is 0 Å². The van der Waals surface area contributed by atoms with E-state index in [4.69, 9.17) is 5.11 Å².